The van der Waals surface area contributed by atoms with E-state index in [4.69, 9.17) is 0 Å². The number of carbonyl (C=O) groups excluding carboxylic acids is 1. The number of imidazole rings is 1. The zero-order valence-electron chi connectivity index (χ0n) is 14.0. The van der Waals surface area contributed by atoms with Crippen LogP contribution in [0.15, 0.2) is 49.2 Å². The first kappa shape index (κ1) is 16.9. The summed E-state index contributed by atoms with van der Waals surface area (Å²) in [6, 6.07) is 6.01. The minimum Gasteiger partial charge on any atom is -0.352 e. The highest BCUT2D eigenvalue weighted by molar-refractivity contribution is 5.95. The number of benzene rings is 1. The average molecular weight is 341 g/mol. The van der Waals surface area contributed by atoms with Crippen molar-refractivity contribution >= 4 is 5.91 Å². The first-order chi connectivity index (χ1) is 12.1. The predicted molar refractivity (Wildman–Crippen MR) is 92.1 cm³/mol. The van der Waals surface area contributed by atoms with Gasteiger partial charge in [0.05, 0.1) is 29.5 Å². The van der Waals surface area contributed by atoms with Crippen molar-refractivity contribution in [1.29, 1.82) is 0 Å². The minimum absolute atomic E-state index is 0.145. The molecule has 0 atom stereocenters. The molecule has 0 aliphatic rings. The van der Waals surface area contributed by atoms with Crippen LogP contribution in [0.4, 0.5) is 4.39 Å². The van der Waals surface area contributed by atoms with Crippen molar-refractivity contribution in [3.05, 3.63) is 66.3 Å². The molecule has 1 amide bonds. The van der Waals surface area contributed by atoms with Gasteiger partial charge in [-0.2, -0.15) is 5.10 Å². The van der Waals surface area contributed by atoms with Gasteiger partial charge in [-0.25, -0.2) is 14.1 Å². The number of halogens is 1. The molecule has 130 valence electrons. The normalized spacial score (nSPS) is 10.8. The van der Waals surface area contributed by atoms with Crippen molar-refractivity contribution in [2.24, 2.45) is 0 Å². The lowest BCUT2D eigenvalue weighted by atomic mass is 10.2. The second-order valence-corrected chi connectivity index (χ2v) is 5.80. The molecule has 0 unspecified atom stereocenters. The third-order valence-electron chi connectivity index (χ3n) is 4.01. The number of hydrogen-bond acceptors (Lipinski definition) is 3. The summed E-state index contributed by atoms with van der Waals surface area (Å²) < 4.78 is 16.7. The molecule has 0 spiro atoms. The first-order valence-corrected chi connectivity index (χ1v) is 8.19. The zero-order valence-corrected chi connectivity index (χ0v) is 14.0. The Bertz CT molecular complexity index is 824. The number of nitrogens with zero attached hydrogens (tertiary/aromatic N) is 4. The molecule has 2 aromatic heterocycles. The lowest BCUT2D eigenvalue weighted by Crippen LogP contribution is -2.25. The molecule has 3 aromatic rings. The van der Waals surface area contributed by atoms with E-state index in [1.807, 2.05) is 17.7 Å². The van der Waals surface area contributed by atoms with Crippen LogP contribution >= 0.6 is 0 Å². The van der Waals surface area contributed by atoms with E-state index in [9.17, 15) is 9.18 Å². The van der Waals surface area contributed by atoms with Crippen molar-refractivity contribution in [3.63, 3.8) is 0 Å². The highest BCUT2D eigenvalue weighted by atomic mass is 19.1. The second-order valence-electron chi connectivity index (χ2n) is 5.80. The van der Waals surface area contributed by atoms with Crippen LogP contribution in [-0.2, 0) is 6.54 Å². The van der Waals surface area contributed by atoms with Gasteiger partial charge in [-0.3, -0.25) is 4.79 Å². The predicted octanol–water partition coefficient (Wildman–Crippen LogP) is 2.73. The minimum atomic E-state index is -0.304. The SMILES string of the molecule is Cc1c(C(=O)NCCCCn2ccnc2)cnn1-c1ccc(F)cc1. The van der Waals surface area contributed by atoms with E-state index in [2.05, 4.69) is 15.4 Å². The van der Waals surface area contributed by atoms with Crippen molar-refractivity contribution in [1.82, 2.24) is 24.6 Å². The summed E-state index contributed by atoms with van der Waals surface area (Å²) in [4.78, 5) is 16.3. The van der Waals surface area contributed by atoms with Gasteiger partial charge in [-0.15, -0.1) is 0 Å². The van der Waals surface area contributed by atoms with Crippen molar-refractivity contribution in [3.8, 4) is 5.69 Å². The van der Waals surface area contributed by atoms with E-state index >= 15 is 0 Å². The molecule has 25 heavy (non-hydrogen) atoms. The summed E-state index contributed by atoms with van der Waals surface area (Å²) in [7, 11) is 0. The van der Waals surface area contributed by atoms with Gasteiger partial charge in [-0.1, -0.05) is 0 Å². The van der Waals surface area contributed by atoms with Gasteiger partial charge in [0.15, 0.2) is 0 Å². The Hall–Kier alpha value is -2.96. The molecular weight excluding hydrogens is 321 g/mol. The molecular formula is C18H20FN5O. The molecule has 2 heterocycles. The Kier molecular flexibility index (Phi) is 5.23. The Labute approximate surface area is 145 Å². The van der Waals surface area contributed by atoms with Crippen molar-refractivity contribution in [2.45, 2.75) is 26.3 Å². The molecule has 3 rings (SSSR count). The average Bonchev–Trinajstić information content (AvgIpc) is 3.25. The summed E-state index contributed by atoms with van der Waals surface area (Å²) >= 11 is 0. The lowest BCUT2D eigenvalue weighted by Gasteiger charge is -2.07. The molecule has 0 aliphatic carbocycles. The van der Waals surface area contributed by atoms with Crippen molar-refractivity contribution < 1.29 is 9.18 Å². The van der Waals surface area contributed by atoms with Gasteiger partial charge in [0.2, 0.25) is 0 Å². The number of amides is 1. The van der Waals surface area contributed by atoms with Crippen LogP contribution in [-0.4, -0.2) is 31.8 Å². The van der Waals surface area contributed by atoms with Crippen LogP contribution in [0.5, 0.6) is 0 Å². The highest BCUT2D eigenvalue weighted by Crippen LogP contribution is 2.14. The van der Waals surface area contributed by atoms with Crippen LogP contribution in [0, 0.1) is 12.7 Å². The molecule has 6 nitrogen and oxygen atoms in total. The van der Waals surface area contributed by atoms with Gasteiger partial charge < -0.3 is 9.88 Å². The fourth-order valence-corrected chi connectivity index (χ4v) is 2.61. The molecule has 0 saturated carbocycles. The molecule has 1 N–H and O–H groups in total. The van der Waals surface area contributed by atoms with E-state index < -0.39 is 0 Å². The standard InChI is InChI=1S/C18H20FN5O/c1-14-17(12-22-24(14)16-6-4-15(19)5-7-16)18(25)21-8-2-3-10-23-11-9-20-13-23/h4-7,9,11-13H,2-3,8,10H2,1H3,(H,21,25). The van der Waals surface area contributed by atoms with Gasteiger partial charge in [0.1, 0.15) is 5.82 Å². The number of nitrogens with one attached hydrogen (secondary N) is 1. The monoisotopic (exact) mass is 341 g/mol. The number of aromatic nitrogens is 4. The van der Waals surface area contributed by atoms with Crippen LogP contribution in [0.1, 0.15) is 28.9 Å². The number of carbonyl (C=O) groups is 1. The number of aryl methyl sites for hydroxylation is 1. The quantitative estimate of drug-likeness (QED) is 0.672. The van der Waals surface area contributed by atoms with Crippen LogP contribution in [0.3, 0.4) is 0 Å². The summed E-state index contributed by atoms with van der Waals surface area (Å²) in [5, 5.41) is 7.15. The zero-order chi connectivity index (χ0) is 17.6. The fraction of sp³-hybridized carbons (Fsp3) is 0.278. The second kappa shape index (κ2) is 7.74. The smallest absolute Gasteiger partial charge is 0.254 e. The third kappa shape index (κ3) is 4.12. The maximum Gasteiger partial charge on any atom is 0.254 e. The van der Waals surface area contributed by atoms with Crippen LogP contribution in [0.2, 0.25) is 0 Å². The van der Waals surface area contributed by atoms with Crippen LogP contribution < -0.4 is 5.32 Å². The summed E-state index contributed by atoms with van der Waals surface area (Å²) in [6.07, 6.45) is 8.85. The first-order valence-electron chi connectivity index (χ1n) is 8.19. The number of hydrogen-bond donors (Lipinski definition) is 1. The third-order valence-corrected chi connectivity index (χ3v) is 4.01. The lowest BCUT2D eigenvalue weighted by molar-refractivity contribution is 0.0952. The number of unbranched alkanes of at least 4 members (excludes halogenated alkanes) is 1. The number of rotatable bonds is 7. The van der Waals surface area contributed by atoms with Gasteiger partial charge >= 0.3 is 0 Å². The molecule has 1 aromatic carbocycles. The summed E-state index contributed by atoms with van der Waals surface area (Å²) in [5.41, 5.74) is 1.97. The van der Waals surface area contributed by atoms with E-state index in [1.54, 1.807) is 35.5 Å². The van der Waals surface area contributed by atoms with Crippen molar-refractivity contribution in [2.75, 3.05) is 6.54 Å². The largest absolute Gasteiger partial charge is 0.352 e. The molecule has 0 saturated heterocycles. The Morgan fingerprint density at radius 2 is 2.04 bits per heavy atom. The maximum absolute atomic E-state index is 13.0. The maximum atomic E-state index is 13.0. The van der Waals surface area contributed by atoms with E-state index in [0.717, 1.165) is 30.8 Å². The Balaban J connectivity index is 1.53. The Morgan fingerprint density at radius 1 is 1.24 bits per heavy atom. The molecule has 7 heteroatoms. The van der Waals surface area contributed by atoms with Crippen LogP contribution in [0.25, 0.3) is 5.69 Å². The van der Waals surface area contributed by atoms with E-state index in [1.165, 1.54) is 12.1 Å². The van der Waals surface area contributed by atoms with Gasteiger partial charge in [0, 0.05) is 25.5 Å². The topological polar surface area (TPSA) is 64.7 Å². The van der Waals surface area contributed by atoms with Gasteiger partial charge in [-0.05, 0) is 44.0 Å². The highest BCUT2D eigenvalue weighted by Gasteiger charge is 2.14. The van der Waals surface area contributed by atoms with Gasteiger partial charge in [0.25, 0.3) is 5.91 Å². The van der Waals surface area contributed by atoms with E-state index in [-0.39, 0.29) is 11.7 Å². The molecule has 0 aliphatic heterocycles. The molecule has 0 radical (unpaired) electrons. The summed E-state index contributed by atoms with van der Waals surface area (Å²) in [6.45, 7) is 3.32. The summed E-state index contributed by atoms with van der Waals surface area (Å²) in [5.74, 6) is -0.448. The molecule has 0 fully saturated rings. The molecule has 0 bridgehead atoms. The van der Waals surface area contributed by atoms with E-state index in [0.29, 0.717) is 12.1 Å². The Morgan fingerprint density at radius 3 is 2.76 bits per heavy atom. The fourth-order valence-electron chi connectivity index (χ4n) is 2.61.